The average Bonchev–Trinajstić information content (AvgIpc) is 3.15. The van der Waals surface area contributed by atoms with Crippen LogP contribution in [0.15, 0.2) is 16.8 Å². The molecule has 1 aromatic rings. The highest BCUT2D eigenvalue weighted by Crippen LogP contribution is 2.37. The zero-order valence-corrected chi connectivity index (χ0v) is 13.0. The third-order valence-electron chi connectivity index (χ3n) is 4.95. The highest BCUT2D eigenvalue weighted by molar-refractivity contribution is 7.07. The van der Waals surface area contributed by atoms with Gasteiger partial charge in [-0.1, -0.05) is 20.3 Å². The van der Waals surface area contributed by atoms with E-state index in [0.29, 0.717) is 6.04 Å². The molecular formula is C16H26N2S. The Kier molecular flexibility index (Phi) is 4.25. The van der Waals surface area contributed by atoms with Crippen molar-refractivity contribution < 1.29 is 0 Å². The van der Waals surface area contributed by atoms with Crippen LogP contribution in [0, 0.1) is 11.8 Å². The van der Waals surface area contributed by atoms with Crippen molar-refractivity contribution in [1.29, 1.82) is 0 Å². The van der Waals surface area contributed by atoms with Gasteiger partial charge in [0.2, 0.25) is 0 Å². The standard InChI is InChI=1S/C16H26N2S/c1-3-12(2)15-10-18(9-13-6-7-19-11-13)16(8-17-15)14-4-5-14/h6-7,11-12,14-17H,3-5,8-10H2,1-2H3. The third kappa shape index (κ3) is 3.21. The molecule has 0 amide bonds. The largest absolute Gasteiger partial charge is 0.311 e. The topological polar surface area (TPSA) is 15.3 Å². The van der Waals surface area contributed by atoms with Crippen LogP contribution in [0.4, 0.5) is 0 Å². The Bertz CT molecular complexity index is 385. The van der Waals surface area contributed by atoms with E-state index in [1.54, 1.807) is 0 Å². The lowest BCUT2D eigenvalue weighted by molar-refractivity contribution is 0.0892. The molecule has 0 spiro atoms. The lowest BCUT2D eigenvalue weighted by Gasteiger charge is -2.42. The van der Waals surface area contributed by atoms with Crippen molar-refractivity contribution in [2.24, 2.45) is 11.8 Å². The Morgan fingerprint density at radius 3 is 2.95 bits per heavy atom. The second-order valence-corrected chi connectivity index (χ2v) is 7.15. The Labute approximate surface area is 121 Å². The van der Waals surface area contributed by atoms with E-state index in [1.807, 2.05) is 11.3 Å². The van der Waals surface area contributed by atoms with E-state index in [9.17, 15) is 0 Å². The van der Waals surface area contributed by atoms with Crippen LogP contribution in [0.25, 0.3) is 0 Å². The van der Waals surface area contributed by atoms with Gasteiger partial charge in [-0.2, -0.15) is 11.3 Å². The maximum atomic E-state index is 3.81. The summed E-state index contributed by atoms with van der Waals surface area (Å²) in [6.07, 6.45) is 4.17. The molecule has 1 N–H and O–H groups in total. The average molecular weight is 278 g/mol. The molecule has 0 radical (unpaired) electrons. The van der Waals surface area contributed by atoms with Gasteiger partial charge in [0.25, 0.3) is 0 Å². The molecule has 1 aliphatic heterocycles. The minimum atomic E-state index is 0.679. The molecule has 2 fully saturated rings. The molecule has 1 saturated carbocycles. The highest BCUT2D eigenvalue weighted by Gasteiger charge is 2.39. The highest BCUT2D eigenvalue weighted by atomic mass is 32.1. The number of nitrogens with zero attached hydrogens (tertiary/aromatic N) is 1. The molecule has 0 aromatic carbocycles. The fourth-order valence-corrected chi connectivity index (χ4v) is 3.92. The van der Waals surface area contributed by atoms with E-state index in [2.05, 4.69) is 40.9 Å². The van der Waals surface area contributed by atoms with Crippen LogP contribution in [-0.4, -0.2) is 30.1 Å². The van der Waals surface area contributed by atoms with Crippen LogP contribution < -0.4 is 5.32 Å². The van der Waals surface area contributed by atoms with Crippen molar-refractivity contribution >= 4 is 11.3 Å². The molecule has 2 heterocycles. The lowest BCUT2D eigenvalue weighted by Crippen LogP contribution is -2.58. The second-order valence-electron chi connectivity index (χ2n) is 6.37. The van der Waals surface area contributed by atoms with Crippen LogP contribution in [0.5, 0.6) is 0 Å². The van der Waals surface area contributed by atoms with Crippen LogP contribution in [0.1, 0.15) is 38.7 Å². The van der Waals surface area contributed by atoms with Gasteiger partial charge in [0, 0.05) is 31.7 Å². The molecule has 106 valence electrons. The molecule has 1 saturated heterocycles. The predicted molar refractivity (Wildman–Crippen MR) is 82.5 cm³/mol. The molecule has 19 heavy (non-hydrogen) atoms. The summed E-state index contributed by atoms with van der Waals surface area (Å²) in [5, 5.41) is 8.33. The lowest BCUT2D eigenvalue weighted by atomic mass is 9.94. The zero-order chi connectivity index (χ0) is 13.2. The van der Waals surface area contributed by atoms with Gasteiger partial charge in [0.15, 0.2) is 0 Å². The summed E-state index contributed by atoms with van der Waals surface area (Å²) < 4.78 is 0. The van der Waals surface area contributed by atoms with Gasteiger partial charge in [-0.15, -0.1) is 0 Å². The van der Waals surface area contributed by atoms with Crippen molar-refractivity contribution in [1.82, 2.24) is 10.2 Å². The van der Waals surface area contributed by atoms with Gasteiger partial charge < -0.3 is 5.32 Å². The van der Waals surface area contributed by atoms with Crippen LogP contribution in [0.2, 0.25) is 0 Å². The van der Waals surface area contributed by atoms with Gasteiger partial charge >= 0.3 is 0 Å². The minimum absolute atomic E-state index is 0.679. The van der Waals surface area contributed by atoms with Crippen LogP contribution in [0.3, 0.4) is 0 Å². The van der Waals surface area contributed by atoms with Crippen molar-refractivity contribution in [3.8, 4) is 0 Å². The summed E-state index contributed by atoms with van der Waals surface area (Å²) >= 11 is 1.82. The summed E-state index contributed by atoms with van der Waals surface area (Å²) in [6, 6.07) is 3.74. The van der Waals surface area contributed by atoms with Crippen molar-refractivity contribution in [3.05, 3.63) is 22.4 Å². The second kappa shape index (κ2) is 5.94. The Morgan fingerprint density at radius 1 is 1.47 bits per heavy atom. The fraction of sp³-hybridized carbons (Fsp3) is 0.750. The maximum Gasteiger partial charge on any atom is 0.0253 e. The Morgan fingerprint density at radius 2 is 2.32 bits per heavy atom. The van der Waals surface area contributed by atoms with Crippen LogP contribution in [-0.2, 0) is 6.54 Å². The SMILES string of the molecule is CCC(C)C1CN(Cc2ccsc2)C(C2CC2)CN1. The van der Waals surface area contributed by atoms with Crippen molar-refractivity contribution in [2.45, 2.75) is 51.7 Å². The predicted octanol–water partition coefficient (Wildman–Crippen LogP) is 3.35. The van der Waals surface area contributed by atoms with Crippen molar-refractivity contribution in [3.63, 3.8) is 0 Å². The molecule has 3 rings (SSSR count). The molecular weight excluding hydrogens is 252 g/mol. The maximum absolute atomic E-state index is 3.81. The first kappa shape index (κ1) is 13.6. The smallest absolute Gasteiger partial charge is 0.0253 e. The Hall–Kier alpha value is -0.380. The van der Waals surface area contributed by atoms with Gasteiger partial charge in [-0.25, -0.2) is 0 Å². The first-order valence-corrected chi connectivity index (χ1v) is 8.70. The molecule has 0 bridgehead atoms. The van der Waals surface area contributed by atoms with Gasteiger partial charge in [-0.3, -0.25) is 4.90 Å². The molecule has 3 unspecified atom stereocenters. The summed E-state index contributed by atoms with van der Waals surface area (Å²) in [7, 11) is 0. The van der Waals surface area contributed by atoms with Gasteiger partial charge in [0.1, 0.15) is 0 Å². The molecule has 2 aliphatic rings. The van der Waals surface area contributed by atoms with Crippen LogP contribution >= 0.6 is 11.3 Å². The van der Waals surface area contributed by atoms with Crippen molar-refractivity contribution in [2.75, 3.05) is 13.1 Å². The monoisotopic (exact) mass is 278 g/mol. The summed E-state index contributed by atoms with van der Waals surface area (Å²) in [5.41, 5.74) is 1.50. The quantitative estimate of drug-likeness (QED) is 0.888. The molecule has 3 atom stereocenters. The molecule has 1 aliphatic carbocycles. The number of hydrogen-bond donors (Lipinski definition) is 1. The van der Waals surface area contributed by atoms with E-state index in [4.69, 9.17) is 0 Å². The number of hydrogen-bond acceptors (Lipinski definition) is 3. The molecule has 2 nitrogen and oxygen atoms in total. The Balaban J connectivity index is 1.67. The minimum Gasteiger partial charge on any atom is -0.311 e. The first-order valence-electron chi connectivity index (χ1n) is 7.76. The van der Waals surface area contributed by atoms with Gasteiger partial charge in [0.05, 0.1) is 0 Å². The third-order valence-corrected chi connectivity index (χ3v) is 5.68. The summed E-state index contributed by atoms with van der Waals surface area (Å²) in [5.74, 6) is 1.74. The number of rotatable bonds is 5. The van der Waals surface area contributed by atoms with E-state index >= 15 is 0 Å². The molecule has 3 heteroatoms. The number of nitrogens with one attached hydrogen (secondary N) is 1. The normalized spacial score (nSPS) is 30.4. The first-order chi connectivity index (χ1) is 9.28. The summed E-state index contributed by atoms with van der Waals surface area (Å²) in [6.45, 7) is 8.27. The number of piperazine rings is 1. The zero-order valence-electron chi connectivity index (χ0n) is 12.1. The molecule has 1 aromatic heterocycles. The van der Waals surface area contributed by atoms with E-state index in [1.165, 1.54) is 37.9 Å². The number of thiophene rings is 1. The van der Waals surface area contributed by atoms with Gasteiger partial charge in [-0.05, 0) is 47.1 Å². The van der Waals surface area contributed by atoms with E-state index in [-0.39, 0.29) is 0 Å². The summed E-state index contributed by atoms with van der Waals surface area (Å²) in [4.78, 5) is 2.76. The van der Waals surface area contributed by atoms with E-state index in [0.717, 1.165) is 24.4 Å². The fourth-order valence-electron chi connectivity index (χ4n) is 3.26. The van der Waals surface area contributed by atoms with E-state index < -0.39 is 0 Å².